The summed E-state index contributed by atoms with van der Waals surface area (Å²) in [6.45, 7) is 12.0. The van der Waals surface area contributed by atoms with E-state index in [0.29, 0.717) is 12.0 Å². The predicted molar refractivity (Wildman–Crippen MR) is 75.1 cm³/mol. The summed E-state index contributed by atoms with van der Waals surface area (Å²) in [7, 11) is 0. The van der Waals surface area contributed by atoms with Crippen molar-refractivity contribution in [1.29, 1.82) is 0 Å². The molecule has 0 radical (unpaired) electrons. The summed E-state index contributed by atoms with van der Waals surface area (Å²) in [4.78, 5) is 2.36. The molecule has 0 rings (SSSR count). The van der Waals surface area contributed by atoms with Crippen LogP contribution in [-0.4, -0.2) is 41.3 Å². The van der Waals surface area contributed by atoms with E-state index in [1.165, 1.54) is 19.3 Å². The molecule has 104 valence electrons. The van der Waals surface area contributed by atoms with Crippen molar-refractivity contribution in [2.75, 3.05) is 13.2 Å². The number of hydrogen-bond acceptors (Lipinski definition) is 3. The Morgan fingerprint density at radius 2 is 1.71 bits per heavy atom. The molecule has 0 aromatic rings. The molecule has 0 aliphatic heterocycles. The molecule has 0 saturated heterocycles. The highest BCUT2D eigenvalue weighted by atomic mass is 16.3. The number of aliphatic hydroxyl groups is 1. The molecule has 0 bridgehead atoms. The average Bonchev–Trinajstić information content (AvgIpc) is 2.27. The molecule has 0 amide bonds. The Morgan fingerprint density at radius 1 is 1.12 bits per heavy atom. The molecule has 2 unspecified atom stereocenters. The second kappa shape index (κ2) is 8.90. The summed E-state index contributed by atoms with van der Waals surface area (Å²) in [5.74, 6) is 0.402. The highest BCUT2D eigenvalue weighted by molar-refractivity contribution is 4.85. The summed E-state index contributed by atoms with van der Waals surface area (Å²) < 4.78 is 0. The van der Waals surface area contributed by atoms with Crippen LogP contribution in [0.2, 0.25) is 0 Å². The van der Waals surface area contributed by atoms with Crippen molar-refractivity contribution < 1.29 is 5.11 Å². The van der Waals surface area contributed by atoms with Gasteiger partial charge in [0, 0.05) is 18.1 Å². The third kappa shape index (κ3) is 5.84. The summed E-state index contributed by atoms with van der Waals surface area (Å²) >= 11 is 0. The van der Waals surface area contributed by atoms with Crippen molar-refractivity contribution in [2.45, 2.75) is 72.0 Å². The molecule has 2 atom stereocenters. The van der Waals surface area contributed by atoms with Crippen LogP contribution in [0.25, 0.3) is 0 Å². The van der Waals surface area contributed by atoms with Gasteiger partial charge in [-0.2, -0.15) is 0 Å². The first-order valence-corrected chi connectivity index (χ1v) is 7.07. The van der Waals surface area contributed by atoms with E-state index in [2.05, 4.69) is 39.5 Å². The number of aliphatic hydroxyl groups excluding tert-OH is 1. The summed E-state index contributed by atoms with van der Waals surface area (Å²) in [6.07, 6.45) is 3.67. The van der Waals surface area contributed by atoms with Gasteiger partial charge in [-0.3, -0.25) is 4.90 Å². The third-order valence-corrected chi connectivity index (χ3v) is 3.51. The Hall–Kier alpha value is -0.120. The Morgan fingerprint density at radius 3 is 2.06 bits per heavy atom. The van der Waals surface area contributed by atoms with Gasteiger partial charge in [-0.05, 0) is 32.7 Å². The van der Waals surface area contributed by atoms with E-state index in [4.69, 9.17) is 5.73 Å². The smallest absolute Gasteiger partial charge is 0.0602 e. The SMILES string of the molecule is CCCCCN(C(C)C)C(CO)C(N)C(C)C. The molecule has 3 heteroatoms. The van der Waals surface area contributed by atoms with Crippen LogP contribution < -0.4 is 5.73 Å². The lowest BCUT2D eigenvalue weighted by molar-refractivity contribution is 0.0661. The largest absolute Gasteiger partial charge is 0.395 e. The van der Waals surface area contributed by atoms with Crippen LogP contribution in [0.1, 0.15) is 53.9 Å². The minimum absolute atomic E-state index is 0.0454. The minimum Gasteiger partial charge on any atom is -0.395 e. The zero-order valence-electron chi connectivity index (χ0n) is 12.3. The zero-order chi connectivity index (χ0) is 13.4. The normalized spacial score (nSPS) is 15.9. The number of nitrogens with two attached hydrogens (primary N) is 1. The molecule has 0 heterocycles. The maximum Gasteiger partial charge on any atom is 0.0602 e. The lowest BCUT2D eigenvalue weighted by Gasteiger charge is -2.38. The molecular formula is C14H32N2O. The Labute approximate surface area is 107 Å². The maximum absolute atomic E-state index is 9.60. The first kappa shape index (κ1) is 16.9. The van der Waals surface area contributed by atoms with Crippen LogP contribution in [0.15, 0.2) is 0 Å². The van der Waals surface area contributed by atoms with Gasteiger partial charge in [0.25, 0.3) is 0 Å². The van der Waals surface area contributed by atoms with Gasteiger partial charge in [-0.15, -0.1) is 0 Å². The second-order valence-corrected chi connectivity index (χ2v) is 5.61. The number of rotatable bonds is 9. The molecule has 0 spiro atoms. The van der Waals surface area contributed by atoms with Gasteiger partial charge < -0.3 is 10.8 Å². The molecule has 0 aliphatic carbocycles. The quantitative estimate of drug-likeness (QED) is 0.612. The molecule has 17 heavy (non-hydrogen) atoms. The van der Waals surface area contributed by atoms with Gasteiger partial charge in [0.05, 0.1) is 6.61 Å². The van der Waals surface area contributed by atoms with Crippen LogP contribution in [0, 0.1) is 5.92 Å². The topological polar surface area (TPSA) is 49.5 Å². The van der Waals surface area contributed by atoms with E-state index >= 15 is 0 Å². The molecule has 0 fully saturated rings. The highest BCUT2D eigenvalue weighted by Crippen LogP contribution is 2.15. The van der Waals surface area contributed by atoms with Crippen molar-refractivity contribution in [3.63, 3.8) is 0 Å². The molecule has 0 aromatic carbocycles. The first-order valence-electron chi connectivity index (χ1n) is 7.07. The van der Waals surface area contributed by atoms with Crippen LogP contribution in [0.5, 0.6) is 0 Å². The van der Waals surface area contributed by atoms with Gasteiger partial charge >= 0.3 is 0 Å². The Bertz CT molecular complexity index is 183. The van der Waals surface area contributed by atoms with Gasteiger partial charge in [0.1, 0.15) is 0 Å². The van der Waals surface area contributed by atoms with E-state index in [1.807, 2.05) is 0 Å². The van der Waals surface area contributed by atoms with Crippen LogP contribution in [-0.2, 0) is 0 Å². The van der Waals surface area contributed by atoms with Gasteiger partial charge in [0.15, 0.2) is 0 Å². The average molecular weight is 244 g/mol. The van der Waals surface area contributed by atoms with Crippen molar-refractivity contribution in [3.8, 4) is 0 Å². The number of unbranched alkanes of at least 4 members (excludes halogenated alkanes) is 2. The van der Waals surface area contributed by atoms with Crippen molar-refractivity contribution in [2.24, 2.45) is 11.7 Å². The summed E-state index contributed by atoms with van der Waals surface area (Å²) in [5, 5.41) is 9.60. The Kier molecular flexibility index (Phi) is 8.83. The maximum atomic E-state index is 9.60. The van der Waals surface area contributed by atoms with Crippen molar-refractivity contribution in [1.82, 2.24) is 4.90 Å². The van der Waals surface area contributed by atoms with E-state index in [9.17, 15) is 5.11 Å². The fraction of sp³-hybridized carbons (Fsp3) is 1.00. The summed E-state index contributed by atoms with van der Waals surface area (Å²) in [6, 6.07) is 0.574. The lowest BCUT2D eigenvalue weighted by Crippen LogP contribution is -2.54. The van der Waals surface area contributed by atoms with Crippen molar-refractivity contribution in [3.05, 3.63) is 0 Å². The van der Waals surface area contributed by atoms with Crippen LogP contribution in [0.3, 0.4) is 0 Å². The number of hydrogen-bond donors (Lipinski definition) is 2. The molecule has 0 aliphatic rings. The molecule has 3 nitrogen and oxygen atoms in total. The molecular weight excluding hydrogens is 212 g/mol. The summed E-state index contributed by atoms with van der Waals surface area (Å²) in [5.41, 5.74) is 6.21. The minimum atomic E-state index is 0.0454. The standard InChI is InChI=1S/C14H32N2O/c1-6-7-8-9-16(12(4)5)13(10-17)14(15)11(2)3/h11-14,17H,6-10,15H2,1-5H3. The molecule has 0 aromatic heterocycles. The van der Waals surface area contributed by atoms with E-state index in [0.717, 1.165) is 6.54 Å². The monoisotopic (exact) mass is 244 g/mol. The Balaban J connectivity index is 4.51. The third-order valence-electron chi connectivity index (χ3n) is 3.51. The molecule has 0 saturated carbocycles. The lowest BCUT2D eigenvalue weighted by atomic mass is 9.95. The number of nitrogens with zero attached hydrogens (tertiary/aromatic N) is 1. The fourth-order valence-electron chi connectivity index (χ4n) is 2.24. The predicted octanol–water partition coefficient (Wildman–Crippen LogP) is 2.23. The van der Waals surface area contributed by atoms with E-state index in [1.54, 1.807) is 0 Å². The zero-order valence-corrected chi connectivity index (χ0v) is 12.3. The second-order valence-electron chi connectivity index (χ2n) is 5.61. The van der Waals surface area contributed by atoms with Gasteiger partial charge in [0.2, 0.25) is 0 Å². The van der Waals surface area contributed by atoms with E-state index in [-0.39, 0.29) is 18.7 Å². The van der Waals surface area contributed by atoms with Crippen LogP contribution in [0.4, 0.5) is 0 Å². The van der Waals surface area contributed by atoms with E-state index < -0.39 is 0 Å². The van der Waals surface area contributed by atoms with Gasteiger partial charge in [-0.25, -0.2) is 0 Å². The highest BCUT2D eigenvalue weighted by Gasteiger charge is 2.27. The first-order chi connectivity index (χ1) is 7.95. The fourth-order valence-corrected chi connectivity index (χ4v) is 2.24. The van der Waals surface area contributed by atoms with Crippen molar-refractivity contribution >= 4 is 0 Å². The van der Waals surface area contributed by atoms with Gasteiger partial charge in [-0.1, -0.05) is 33.6 Å². The van der Waals surface area contributed by atoms with Crippen LogP contribution >= 0.6 is 0 Å². The molecule has 3 N–H and O–H groups in total.